The number of imidazole rings is 1. The van der Waals surface area contributed by atoms with Gasteiger partial charge in [-0.15, -0.1) is 0 Å². The van der Waals surface area contributed by atoms with Gasteiger partial charge in [-0.05, 0) is 71.1 Å². The van der Waals surface area contributed by atoms with E-state index in [0.29, 0.717) is 0 Å². The van der Waals surface area contributed by atoms with Crippen LogP contribution in [-0.2, 0) is 6.42 Å². The third kappa shape index (κ3) is 2.63. The zero-order valence-electron chi connectivity index (χ0n) is 21.9. The molecule has 4 aromatic carbocycles. The second kappa shape index (κ2) is 7.55. The van der Waals surface area contributed by atoms with Crippen molar-refractivity contribution < 1.29 is 0 Å². The van der Waals surface area contributed by atoms with Gasteiger partial charge in [-0.25, -0.2) is 4.98 Å². The SMILES string of the molecule is c1ccc(-n2c3ccc4c(c3c3ccc5c(c6ncccc6n6c7cnccc7nc56)c32)Cc2ccccc2-4)cc1. The Hall–Kier alpha value is -5.55. The van der Waals surface area contributed by atoms with Crippen molar-refractivity contribution in [2.24, 2.45) is 0 Å². The first kappa shape index (κ1) is 21.3. The molecule has 0 spiro atoms. The van der Waals surface area contributed by atoms with Crippen molar-refractivity contribution in [2.45, 2.75) is 6.42 Å². The molecule has 5 heterocycles. The molecule has 0 unspecified atom stereocenters. The summed E-state index contributed by atoms with van der Waals surface area (Å²) >= 11 is 0. The molecule has 1 aliphatic rings. The van der Waals surface area contributed by atoms with Crippen LogP contribution >= 0.6 is 0 Å². The minimum Gasteiger partial charge on any atom is -0.309 e. The molecule has 0 radical (unpaired) electrons. The molecule has 0 N–H and O–H groups in total. The normalized spacial score (nSPS) is 12.8. The van der Waals surface area contributed by atoms with Gasteiger partial charge in [-0.1, -0.05) is 54.6 Å². The Kier molecular flexibility index (Phi) is 3.92. The van der Waals surface area contributed by atoms with Crippen molar-refractivity contribution in [1.82, 2.24) is 23.9 Å². The van der Waals surface area contributed by atoms with Crippen LogP contribution in [0.3, 0.4) is 0 Å². The fourth-order valence-corrected chi connectivity index (χ4v) is 7.22. The summed E-state index contributed by atoms with van der Waals surface area (Å²) in [6.45, 7) is 0. The third-order valence-corrected chi connectivity index (χ3v) is 8.85. The molecule has 190 valence electrons. The summed E-state index contributed by atoms with van der Waals surface area (Å²) in [6, 6.07) is 34.8. The lowest BCUT2D eigenvalue weighted by Crippen LogP contribution is -1.97. The van der Waals surface area contributed by atoms with Crippen LogP contribution in [0.1, 0.15) is 11.1 Å². The fourth-order valence-electron chi connectivity index (χ4n) is 7.22. The van der Waals surface area contributed by atoms with Gasteiger partial charge >= 0.3 is 0 Å². The van der Waals surface area contributed by atoms with Crippen LogP contribution in [0, 0.1) is 0 Å². The lowest BCUT2D eigenvalue weighted by molar-refractivity contribution is 1.18. The largest absolute Gasteiger partial charge is 0.309 e. The minimum atomic E-state index is 0.924. The molecule has 5 heteroatoms. The molecule has 10 rings (SSSR count). The molecule has 0 amide bonds. The highest BCUT2D eigenvalue weighted by Crippen LogP contribution is 2.47. The van der Waals surface area contributed by atoms with Gasteiger partial charge in [0.1, 0.15) is 5.65 Å². The van der Waals surface area contributed by atoms with E-state index in [1.807, 2.05) is 30.7 Å². The molecule has 0 bridgehead atoms. The summed E-state index contributed by atoms with van der Waals surface area (Å²) in [7, 11) is 0. The third-order valence-electron chi connectivity index (χ3n) is 8.85. The number of rotatable bonds is 1. The van der Waals surface area contributed by atoms with Gasteiger partial charge in [-0.3, -0.25) is 14.4 Å². The van der Waals surface area contributed by atoms with Crippen molar-refractivity contribution >= 4 is 60.3 Å². The van der Waals surface area contributed by atoms with Gasteiger partial charge in [0, 0.05) is 39.6 Å². The smallest absolute Gasteiger partial charge is 0.146 e. The minimum absolute atomic E-state index is 0.924. The molecule has 0 fully saturated rings. The zero-order valence-corrected chi connectivity index (χ0v) is 21.9. The van der Waals surface area contributed by atoms with Crippen LogP contribution in [-0.4, -0.2) is 23.9 Å². The highest BCUT2D eigenvalue weighted by Gasteiger charge is 2.26. The Morgan fingerprint density at radius 2 is 1.51 bits per heavy atom. The van der Waals surface area contributed by atoms with Gasteiger partial charge in [0.15, 0.2) is 0 Å². The van der Waals surface area contributed by atoms with E-state index < -0.39 is 0 Å². The van der Waals surface area contributed by atoms with Crippen LogP contribution < -0.4 is 0 Å². The maximum absolute atomic E-state index is 5.13. The lowest BCUT2D eigenvalue weighted by atomic mass is 9.99. The van der Waals surface area contributed by atoms with Crippen molar-refractivity contribution in [2.75, 3.05) is 0 Å². The molecule has 1 aliphatic carbocycles. The van der Waals surface area contributed by atoms with Gasteiger partial charge in [-0.2, -0.15) is 0 Å². The number of para-hydroxylation sites is 1. The summed E-state index contributed by atoms with van der Waals surface area (Å²) < 4.78 is 4.65. The molecule has 0 saturated carbocycles. The van der Waals surface area contributed by atoms with E-state index in [-0.39, 0.29) is 0 Å². The number of fused-ring (bicyclic) bond motifs is 16. The van der Waals surface area contributed by atoms with Crippen molar-refractivity contribution in [3.05, 3.63) is 127 Å². The summed E-state index contributed by atoms with van der Waals surface area (Å²) in [5.74, 6) is 0. The first-order valence-electron chi connectivity index (χ1n) is 13.9. The first-order valence-corrected chi connectivity index (χ1v) is 13.9. The van der Waals surface area contributed by atoms with E-state index >= 15 is 0 Å². The monoisotopic (exact) mass is 523 g/mol. The standard InChI is InChI=1S/C36H21N5/c1-2-8-22(9-3-1)40-29-15-14-24-23-10-5-4-7-21(23)19-27(24)32(29)25-12-13-26-33(35(25)40)34-30(11-6-17-38-34)41-31-20-37-18-16-28(31)39-36(26)41/h1-18,20H,19H2. The van der Waals surface area contributed by atoms with Gasteiger partial charge in [0.25, 0.3) is 0 Å². The number of benzene rings is 4. The maximum Gasteiger partial charge on any atom is 0.146 e. The number of hydrogen-bond acceptors (Lipinski definition) is 3. The molecule has 9 aromatic rings. The molecule has 41 heavy (non-hydrogen) atoms. The second-order valence-corrected chi connectivity index (χ2v) is 10.9. The lowest BCUT2D eigenvalue weighted by Gasteiger charge is -2.13. The van der Waals surface area contributed by atoms with E-state index in [4.69, 9.17) is 9.97 Å². The Morgan fingerprint density at radius 3 is 2.46 bits per heavy atom. The Bertz CT molecular complexity index is 2550. The van der Waals surface area contributed by atoms with E-state index in [0.717, 1.165) is 50.6 Å². The van der Waals surface area contributed by atoms with Crippen LogP contribution in [0.15, 0.2) is 116 Å². The highest BCUT2D eigenvalue weighted by atomic mass is 15.0. The molecule has 0 saturated heterocycles. The number of aromatic nitrogens is 5. The Balaban J connectivity index is 1.49. The van der Waals surface area contributed by atoms with Crippen molar-refractivity contribution in [3.63, 3.8) is 0 Å². The second-order valence-electron chi connectivity index (χ2n) is 10.9. The molecule has 0 aliphatic heterocycles. The van der Waals surface area contributed by atoms with E-state index in [1.165, 1.54) is 44.1 Å². The summed E-state index contributed by atoms with van der Waals surface area (Å²) in [5, 5.41) is 4.77. The predicted molar refractivity (Wildman–Crippen MR) is 166 cm³/mol. The average molecular weight is 524 g/mol. The number of nitrogens with zero attached hydrogens (tertiary/aromatic N) is 5. The van der Waals surface area contributed by atoms with Crippen LogP contribution in [0.2, 0.25) is 0 Å². The van der Waals surface area contributed by atoms with E-state index in [1.54, 1.807) is 0 Å². The Labute approximate surface area is 234 Å². The first-order chi connectivity index (χ1) is 20.4. The molecule has 5 aromatic heterocycles. The van der Waals surface area contributed by atoms with E-state index in [9.17, 15) is 0 Å². The fraction of sp³-hybridized carbons (Fsp3) is 0.0278. The topological polar surface area (TPSA) is 48.0 Å². The van der Waals surface area contributed by atoms with Gasteiger partial charge in [0.2, 0.25) is 0 Å². The Morgan fingerprint density at radius 1 is 0.634 bits per heavy atom. The quantitative estimate of drug-likeness (QED) is 0.204. The summed E-state index contributed by atoms with van der Waals surface area (Å²) in [5.41, 5.74) is 13.8. The summed E-state index contributed by atoms with van der Waals surface area (Å²) in [4.78, 5) is 14.6. The van der Waals surface area contributed by atoms with E-state index in [2.05, 4.69) is 98.9 Å². The van der Waals surface area contributed by atoms with Crippen LogP contribution in [0.5, 0.6) is 0 Å². The molecule has 0 atom stereocenters. The molecular weight excluding hydrogens is 502 g/mol. The van der Waals surface area contributed by atoms with Gasteiger partial charge in [0.05, 0.1) is 39.3 Å². The molecular formula is C36H21N5. The molecule has 5 nitrogen and oxygen atoms in total. The average Bonchev–Trinajstić information content (AvgIpc) is 3.71. The van der Waals surface area contributed by atoms with Crippen molar-refractivity contribution in [1.29, 1.82) is 0 Å². The van der Waals surface area contributed by atoms with Gasteiger partial charge < -0.3 is 4.57 Å². The number of hydrogen-bond donors (Lipinski definition) is 0. The zero-order chi connectivity index (χ0) is 26.7. The maximum atomic E-state index is 5.13. The van der Waals surface area contributed by atoms with Crippen LogP contribution in [0.4, 0.5) is 0 Å². The highest BCUT2D eigenvalue weighted by molar-refractivity contribution is 6.28. The number of pyridine rings is 3. The van der Waals surface area contributed by atoms with Crippen molar-refractivity contribution in [3.8, 4) is 16.8 Å². The van der Waals surface area contributed by atoms with Crippen LogP contribution in [0.25, 0.3) is 77.1 Å². The summed E-state index contributed by atoms with van der Waals surface area (Å²) in [6.07, 6.45) is 6.54. The predicted octanol–water partition coefficient (Wildman–Crippen LogP) is 8.25.